The third kappa shape index (κ3) is 1.74. The topological polar surface area (TPSA) is 42.3 Å². The molecule has 0 saturated carbocycles. The Kier molecular flexibility index (Phi) is 2.66. The number of nitrogens with zero attached hydrogens (tertiary/aromatic N) is 2. The summed E-state index contributed by atoms with van der Waals surface area (Å²) >= 11 is 0. The first-order valence-corrected chi connectivity index (χ1v) is 3.43. The van der Waals surface area contributed by atoms with Gasteiger partial charge < -0.3 is 0 Å². The molecule has 3 nitrogen and oxygen atoms in total. The van der Waals surface area contributed by atoms with Crippen LogP contribution in [0.1, 0.15) is 18.7 Å². The van der Waals surface area contributed by atoms with E-state index in [0.717, 1.165) is 0 Å². The van der Waals surface area contributed by atoms with E-state index in [-0.39, 0.29) is 5.69 Å². The van der Waals surface area contributed by atoms with E-state index in [1.807, 2.05) is 0 Å². The largest absolute Gasteiger partial charge is 0.256 e. The van der Waals surface area contributed by atoms with Crippen molar-refractivity contribution in [2.75, 3.05) is 0 Å². The maximum atomic E-state index is 12.9. The van der Waals surface area contributed by atoms with Gasteiger partial charge in [0.25, 0.3) is 0 Å². The molecule has 0 aromatic carbocycles. The third-order valence-electron chi connectivity index (χ3n) is 1.43. The molecule has 0 amide bonds. The SMILES string of the molecule is CC(N=C=O)c1ncccc1F. The first-order chi connectivity index (χ1) is 5.75. The minimum Gasteiger partial charge on any atom is -0.256 e. The van der Waals surface area contributed by atoms with Gasteiger partial charge in [0.1, 0.15) is 17.6 Å². The lowest BCUT2D eigenvalue weighted by Crippen LogP contribution is -1.97. The van der Waals surface area contributed by atoms with Crippen LogP contribution in [0.15, 0.2) is 23.3 Å². The van der Waals surface area contributed by atoms with Gasteiger partial charge in [-0.3, -0.25) is 4.98 Å². The van der Waals surface area contributed by atoms with E-state index in [0.29, 0.717) is 0 Å². The molecule has 4 heteroatoms. The molecular weight excluding hydrogens is 159 g/mol. The average molecular weight is 166 g/mol. The van der Waals surface area contributed by atoms with Crippen LogP contribution in [0.5, 0.6) is 0 Å². The summed E-state index contributed by atoms with van der Waals surface area (Å²) in [5.74, 6) is -0.455. The Morgan fingerprint density at radius 1 is 1.75 bits per heavy atom. The predicted molar refractivity (Wildman–Crippen MR) is 40.7 cm³/mol. The number of halogens is 1. The Labute approximate surface area is 69.0 Å². The molecule has 0 fully saturated rings. The number of aromatic nitrogens is 1. The van der Waals surface area contributed by atoms with Gasteiger partial charge in [-0.15, -0.1) is 0 Å². The van der Waals surface area contributed by atoms with Gasteiger partial charge in [-0.1, -0.05) is 0 Å². The minimum atomic E-state index is -0.566. The van der Waals surface area contributed by atoms with E-state index in [1.165, 1.54) is 24.4 Å². The van der Waals surface area contributed by atoms with E-state index in [4.69, 9.17) is 0 Å². The van der Waals surface area contributed by atoms with Crippen LogP contribution in [0.25, 0.3) is 0 Å². The standard InChI is InChI=1S/C8H7FN2O/c1-6(11-5-12)8-7(9)3-2-4-10-8/h2-4,6H,1H3. The fraction of sp³-hybridized carbons (Fsp3) is 0.250. The van der Waals surface area contributed by atoms with Gasteiger partial charge >= 0.3 is 0 Å². The summed E-state index contributed by atoms with van der Waals surface area (Å²) in [7, 11) is 0. The molecule has 62 valence electrons. The van der Waals surface area contributed by atoms with Crippen LogP contribution in [-0.2, 0) is 4.79 Å². The van der Waals surface area contributed by atoms with E-state index < -0.39 is 11.9 Å². The van der Waals surface area contributed by atoms with Crippen molar-refractivity contribution in [3.63, 3.8) is 0 Å². The minimum absolute atomic E-state index is 0.167. The third-order valence-corrected chi connectivity index (χ3v) is 1.43. The maximum Gasteiger partial charge on any atom is 0.235 e. The molecular formula is C8H7FN2O. The van der Waals surface area contributed by atoms with Crippen LogP contribution in [-0.4, -0.2) is 11.1 Å². The lowest BCUT2D eigenvalue weighted by molar-refractivity contribution is 0.552. The van der Waals surface area contributed by atoms with Crippen molar-refractivity contribution >= 4 is 6.08 Å². The predicted octanol–water partition coefficient (Wildman–Crippen LogP) is 1.62. The summed E-state index contributed by atoms with van der Waals surface area (Å²) in [5.41, 5.74) is 0.167. The molecule has 1 rings (SSSR count). The fourth-order valence-corrected chi connectivity index (χ4v) is 0.846. The number of hydrogen-bond donors (Lipinski definition) is 0. The molecule has 0 N–H and O–H groups in total. The van der Waals surface area contributed by atoms with Gasteiger partial charge in [-0.2, -0.15) is 4.99 Å². The fourth-order valence-electron chi connectivity index (χ4n) is 0.846. The van der Waals surface area contributed by atoms with Gasteiger partial charge in [0, 0.05) is 6.20 Å². The van der Waals surface area contributed by atoms with Gasteiger partial charge in [-0.05, 0) is 19.1 Å². The molecule has 0 spiro atoms. The smallest absolute Gasteiger partial charge is 0.235 e. The Morgan fingerprint density at radius 3 is 3.08 bits per heavy atom. The Bertz CT molecular complexity index is 321. The average Bonchev–Trinajstić information content (AvgIpc) is 2.05. The molecule has 0 bridgehead atoms. The van der Waals surface area contributed by atoms with Gasteiger partial charge in [-0.25, -0.2) is 9.18 Å². The summed E-state index contributed by atoms with van der Waals surface area (Å²) in [6.07, 6.45) is 2.82. The van der Waals surface area contributed by atoms with Crippen LogP contribution in [0.4, 0.5) is 4.39 Å². The van der Waals surface area contributed by atoms with Crippen molar-refractivity contribution in [1.29, 1.82) is 0 Å². The molecule has 0 saturated heterocycles. The lowest BCUT2D eigenvalue weighted by Gasteiger charge is -2.02. The molecule has 0 aliphatic carbocycles. The molecule has 1 aromatic rings. The quantitative estimate of drug-likeness (QED) is 0.494. The number of carbonyl (C=O) groups excluding carboxylic acids is 1. The summed E-state index contributed by atoms with van der Waals surface area (Å²) in [6.45, 7) is 1.58. The molecule has 1 unspecified atom stereocenters. The van der Waals surface area contributed by atoms with Crippen molar-refractivity contribution in [2.45, 2.75) is 13.0 Å². The van der Waals surface area contributed by atoms with Crippen LogP contribution >= 0.6 is 0 Å². The van der Waals surface area contributed by atoms with Crippen molar-refractivity contribution in [3.8, 4) is 0 Å². The number of hydrogen-bond acceptors (Lipinski definition) is 3. The van der Waals surface area contributed by atoms with Gasteiger partial charge in [0.2, 0.25) is 6.08 Å². The molecule has 1 aromatic heterocycles. The summed E-state index contributed by atoms with van der Waals surface area (Å²) in [6, 6.07) is 2.19. The second kappa shape index (κ2) is 3.74. The highest BCUT2D eigenvalue weighted by Gasteiger charge is 2.09. The number of pyridine rings is 1. The number of isocyanates is 1. The maximum absolute atomic E-state index is 12.9. The van der Waals surface area contributed by atoms with Crippen molar-refractivity contribution in [3.05, 3.63) is 29.8 Å². The second-order valence-corrected chi connectivity index (χ2v) is 2.27. The Balaban J connectivity index is 3.02. The zero-order valence-corrected chi connectivity index (χ0v) is 6.49. The van der Waals surface area contributed by atoms with E-state index >= 15 is 0 Å². The van der Waals surface area contributed by atoms with Crippen molar-refractivity contribution < 1.29 is 9.18 Å². The lowest BCUT2D eigenvalue weighted by atomic mass is 10.2. The zero-order chi connectivity index (χ0) is 8.97. The Morgan fingerprint density at radius 2 is 2.50 bits per heavy atom. The molecule has 1 atom stereocenters. The van der Waals surface area contributed by atoms with Crippen LogP contribution in [0.2, 0.25) is 0 Å². The zero-order valence-electron chi connectivity index (χ0n) is 6.49. The van der Waals surface area contributed by atoms with Crippen LogP contribution in [0.3, 0.4) is 0 Å². The van der Waals surface area contributed by atoms with E-state index in [1.54, 1.807) is 6.92 Å². The molecule has 0 radical (unpaired) electrons. The highest BCUT2D eigenvalue weighted by Crippen LogP contribution is 2.15. The number of rotatable bonds is 2. The summed E-state index contributed by atoms with van der Waals surface area (Å²) < 4.78 is 12.9. The highest BCUT2D eigenvalue weighted by molar-refractivity contribution is 5.34. The monoisotopic (exact) mass is 166 g/mol. The van der Waals surface area contributed by atoms with E-state index in [9.17, 15) is 9.18 Å². The van der Waals surface area contributed by atoms with Gasteiger partial charge in [0.05, 0.1) is 0 Å². The summed E-state index contributed by atoms with van der Waals surface area (Å²) in [5, 5.41) is 0. The molecule has 1 heterocycles. The van der Waals surface area contributed by atoms with Crippen molar-refractivity contribution in [1.82, 2.24) is 4.98 Å². The Hall–Kier alpha value is -1.54. The highest BCUT2D eigenvalue weighted by atomic mass is 19.1. The van der Waals surface area contributed by atoms with E-state index in [2.05, 4.69) is 9.98 Å². The molecule has 12 heavy (non-hydrogen) atoms. The van der Waals surface area contributed by atoms with Crippen LogP contribution in [0, 0.1) is 5.82 Å². The number of aliphatic imine (C=N–C) groups is 1. The molecule has 0 aliphatic rings. The first-order valence-electron chi connectivity index (χ1n) is 3.43. The summed E-state index contributed by atoms with van der Waals surface area (Å²) in [4.78, 5) is 17.0. The second-order valence-electron chi connectivity index (χ2n) is 2.27. The first kappa shape index (κ1) is 8.56. The molecule has 0 aliphatic heterocycles. The van der Waals surface area contributed by atoms with Gasteiger partial charge in [0.15, 0.2) is 0 Å². The van der Waals surface area contributed by atoms with Crippen LogP contribution < -0.4 is 0 Å². The normalized spacial score (nSPS) is 11.8. The van der Waals surface area contributed by atoms with Crippen molar-refractivity contribution in [2.24, 2.45) is 4.99 Å².